The maximum Gasteiger partial charge on any atom is 0.260 e. The average molecular weight is 364 g/mol. The number of methoxy groups -OCH3 is 1. The molecular weight excluding hydrogens is 342 g/mol. The van der Waals surface area contributed by atoms with Crippen molar-refractivity contribution in [3.05, 3.63) is 57.6 Å². The van der Waals surface area contributed by atoms with Crippen LogP contribution in [0.5, 0.6) is 5.75 Å². The average Bonchev–Trinajstić information content (AvgIpc) is 2.57. The fraction of sp³-hybridized carbons (Fsp3) is 0.316. The summed E-state index contributed by atoms with van der Waals surface area (Å²) in [7, 11) is 1.55. The molecular formula is C19H22ClNO2S. The summed E-state index contributed by atoms with van der Waals surface area (Å²) < 4.78 is 11.1. The molecule has 0 radical (unpaired) electrons. The van der Waals surface area contributed by atoms with Gasteiger partial charge in [-0.1, -0.05) is 30.7 Å². The molecule has 0 fully saturated rings. The van der Waals surface area contributed by atoms with E-state index in [2.05, 4.69) is 18.3 Å². The highest BCUT2D eigenvalue weighted by atomic mass is 35.5. The molecule has 0 atom stereocenters. The van der Waals surface area contributed by atoms with Crippen molar-refractivity contribution in [3.63, 3.8) is 0 Å². The summed E-state index contributed by atoms with van der Waals surface area (Å²) in [6.45, 7) is 6.59. The number of aryl methyl sites for hydroxylation is 3. The van der Waals surface area contributed by atoms with Crippen molar-refractivity contribution in [2.24, 2.45) is 0 Å². The highest BCUT2D eigenvalue weighted by molar-refractivity contribution is 7.80. The Morgan fingerprint density at radius 3 is 2.58 bits per heavy atom. The van der Waals surface area contributed by atoms with Crippen molar-refractivity contribution < 1.29 is 9.47 Å². The van der Waals surface area contributed by atoms with Crippen LogP contribution in [0.25, 0.3) is 0 Å². The minimum atomic E-state index is 0.328. The number of halogens is 1. The fourth-order valence-electron chi connectivity index (χ4n) is 2.43. The molecule has 0 aromatic heterocycles. The Morgan fingerprint density at radius 1 is 1.21 bits per heavy atom. The number of ether oxygens (including phenoxy) is 2. The van der Waals surface area contributed by atoms with Gasteiger partial charge in [-0.2, -0.15) is 0 Å². The van der Waals surface area contributed by atoms with Gasteiger partial charge in [0.05, 0.1) is 12.1 Å². The summed E-state index contributed by atoms with van der Waals surface area (Å²) in [5.41, 5.74) is 5.43. The maximum atomic E-state index is 6.31. The van der Waals surface area contributed by atoms with E-state index in [1.165, 1.54) is 5.56 Å². The zero-order chi connectivity index (χ0) is 17.7. The number of rotatable bonds is 5. The second-order valence-electron chi connectivity index (χ2n) is 5.57. The summed E-state index contributed by atoms with van der Waals surface area (Å²) in [6, 6.07) is 9.94. The van der Waals surface area contributed by atoms with Crippen LogP contribution < -0.4 is 10.1 Å². The van der Waals surface area contributed by atoms with Gasteiger partial charge >= 0.3 is 0 Å². The Balaban J connectivity index is 2.28. The minimum absolute atomic E-state index is 0.328. The van der Waals surface area contributed by atoms with E-state index in [0.29, 0.717) is 22.6 Å². The van der Waals surface area contributed by atoms with Gasteiger partial charge < -0.3 is 14.8 Å². The van der Waals surface area contributed by atoms with Crippen LogP contribution in [0.15, 0.2) is 30.3 Å². The van der Waals surface area contributed by atoms with Gasteiger partial charge in [-0.05, 0) is 67.4 Å². The quantitative estimate of drug-likeness (QED) is 0.716. The second kappa shape index (κ2) is 8.36. The molecule has 0 aliphatic rings. The number of anilines is 1. The lowest BCUT2D eigenvalue weighted by Gasteiger charge is -2.17. The molecule has 2 aromatic rings. The summed E-state index contributed by atoms with van der Waals surface area (Å²) in [5.74, 6) is 0.686. The van der Waals surface area contributed by atoms with Crippen molar-refractivity contribution in [2.45, 2.75) is 33.8 Å². The van der Waals surface area contributed by atoms with Gasteiger partial charge in [0.15, 0.2) is 0 Å². The van der Waals surface area contributed by atoms with Gasteiger partial charge in [0.2, 0.25) is 0 Å². The van der Waals surface area contributed by atoms with Crippen molar-refractivity contribution >= 4 is 34.7 Å². The molecule has 3 nitrogen and oxygen atoms in total. The van der Waals surface area contributed by atoms with Gasteiger partial charge in [0.1, 0.15) is 12.4 Å². The van der Waals surface area contributed by atoms with Crippen LogP contribution in [0.4, 0.5) is 5.69 Å². The van der Waals surface area contributed by atoms with Gasteiger partial charge in [-0.25, -0.2) is 0 Å². The van der Waals surface area contributed by atoms with Gasteiger partial charge in [0, 0.05) is 11.3 Å². The van der Waals surface area contributed by atoms with E-state index in [-0.39, 0.29) is 0 Å². The first-order chi connectivity index (χ1) is 11.5. The van der Waals surface area contributed by atoms with E-state index in [1.807, 2.05) is 38.1 Å². The predicted molar refractivity (Wildman–Crippen MR) is 104 cm³/mol. The summed E-state index contributed by atoms with van der Waals surface area (Å²) >= 11 is 11.4. The second-order valence-corrected chi connectivity index (χ2v) is 6.35. The Hall–Kier alpha value is -1.78. The number of nitrogens with one attached hydrogen (secondary N) is 1. The Bertz CT molecular complexity index is 746. The third-order valence-electron chi connectivity index (χ3n) is 4.00. The monoisotopic (exact) mass is 363 g/mol. The lowest BCUT2D eigenvalue weighted by molar-refractivity contribution is 0.305. The summed E-state index contributed by atoms with van der Waals surface area (Å²) in [4.78, 5) is 0. The molecule has 2 aromatic carbocycles. The summed E-state index contributed by atoms with van der Waals surface area (Å²) in [5, 5.41) is 4.05. The molecule has 0 saturated heterocycles. The van der Waals surface area contributed by atoms with Crippen LogP contribution in [0, 0.1) is 13.8 Å². The zero-order valence-electron chi connectivity index (χ0n) is 14.4. The molecule has 0 heterocycles. The largest absolute Gasteiger partial charge is 0.487 e. The zero-order valence-corrected chi connectivity index (χ0v) is 16.0. The lowest BCUT2D eigenvalue weighted by atomic mass is 10.0. The summed E-state index contributed by atoms with van der Waals surface area (Å²) in [6.07, 6.45) is 0.897. The SMILES string of the molecule is CCc1cccc(NC(=S)OC)c1COc1cc(C)c(C)cc1Cl. The van der Waals surface area contributed by atoms with Crippen LogP contribution >= 0.6 is 23.8 Å². The first-order valence-corrected chi connectivity index (χ1v) is 8.60. The molecule has 0 saturated carbocycles. The van der Waals surface area contributed by atoms with E-state index >= 15 is 0 Å². The van der Waals surface area contributed by atoms with E-state index in [4.69, 9.17) is 33.3 Å². The highest BCUT2D eigenvalue weighted by Gasteiger charge is 2.12. The molecule has 5 heteroatoms. The molecule has 0 aliphatic carbocycles. The molecule has 128 valence electrons. The first-order valence-electron chi connectivity index (χ1n) is 7.81. The highest BCUT2D eigenvalue weighted by Crippen LogP contribution is 2.30. The number of thiocarbonyl (C=S) groups is 1. The van der Waals surface area contributed by atoms with Crippen molar-refractivity contribution in [1.29, 1.82) is 0 Å². The van der Waals surface area contributed by atoms with E-state index in [0.717, 1.165) is 28.8 Å². The molecule has 0 aliphatic heterocycles. The maximum absolute atomic E-state index is 6.31. The molecule has 2 rings (SSSR count). The lowest BCUT2D eigenvalue weighted by Crippen LogP contribution is -2.14. The van der Waals surface area contributed by atoms with Crippen LogP contribution in [-0.2, 0) is 17.8 Å². The fourth-order valence-corrected chi connectivity index (χ4v) is 2.81. The van der Waals surface area contributed by atoms with Gasteiger partial charge in [-0.3, -0.25) is 0 Å². The van der Waals surface area contributed by atoms with E-state index in [9.17, 15) is 0 Å². The van der Waals surface area contributed by atoms with Gasteiger partial charge in [0.25, 0.3) is 5.17 Å². The van der Waals surface area contributed by atoms with Crippen molar-refractivity contribution in [2.75, 3.05) is 12.4 Å². The van der Waals surface area contributed by atoms with Crippen LogP contribution in [0.1, 0.15) is 29.2 Å². The van der Waals surface area contributed by atoms with Crippen molar-refractivity contribution in [1.82, 2.24) is 0 Å². The Labute approximate surface area is 153 Å². The smallest absolute Gasteiger partial charge is 0.260 e. The van der Waals surface area contributed by atoms with Crippen LogP contribution in [0.3, 0.4) is 0 Å². The van der Waals surface area contributed by atoms with Gasteiger partial charge in [-0.15, -0.1) is 0 Å². The molecule has 1 N–H and O–H groups in total. The molecule has 0 amide bonds. The number of hydrogen-bond acceptors (Lipinski definition) is 3. The molecule has 0 bridgehead atoms. The standard InChI is InChI=1S/C19H22ClNO2S/c1-5-14-7-6-8-17(21-19(24)22-4)15(14)11-23-18-10-13(3)12(2)9-16(18)20/h6-10H,5,11H2,1-4H3,(H,21,24). The topological polar surface area (TPSA) is 30.5 Å². The van der Waals surface area contributed by atoms with Crippen LogP contribution in [-0.4, -0.2) is 12.3 Å². The first kappa shape index (κ1) is 18.6. The Morgan fingerprint density at radius 2 is 1.92 bits per heavy atom. The van der Waals surface area contributed by atoms with E-state index < -0.39 is 0 Å². The van der Waals surface area contributed by atoms with Crippen molar-refractivity contribution in [3.8, 4) is 5.75 Å². The third kappa shape index (κ3) is 4.40. The minimum Gasteiger partial charge on any atom is -0.487 e. The van der Waals surface area contributed by atoms with E-state index in [1.54, 1.807) is 7.11 Å². The molecule has 24 heavy (non-hydrogen) atoms. The third-order valence-corrected chi connectivity index (χ3v) is 4.56. The Kier molecular flexibility index (Phi) is 6.46. The molecule has 0 spiro atoms. The molecule has 0 unspecified atom stereocenters. The predicted octanol–water partition coefficient (Wildman–Crippen LogP) is 5.44. The number of benzene rings is 2. The number of hydrogen-bond donors (Lipinski definition) is 1. The normalized spacial score (nSPS) is 10.4. The van der Waals surface area contributed by atoms with Crippen LogP contribution in [0.2, 0.25) is 5.02 Å².